The summed E-state index contributed by atoms with van der Waals surface area (Å²) in [7, 11) is 0. The van der Waals surface area contributed by atoms with E-state index in [-0.39, 0.29) is 63.4 Å². The molecule has 4 N–H and O–H groups in total. The fourth-order valence-electron chi connectivity index (χ4n) is 5.33. The third kappa shape index (κ3) is 8.22. The number of carbonyl (C=O) groups is 4. The summed E-state index contributed by atoms with van der Waals surface area (Å²) in [4.78, 5) is 51.5. The predicted molar refractivity (Wildman–Crippen MR) is 161 cm³/mol. The van der Waals surface area contributed by atoms with Gasteiger partial charge in [-0.1, -0.05) is 81.5 Å². The Balaban J connectivity index is 1.44. The number of benzene rings is 2. The number of cyclic esters (lactones) is 1. The highest BCUT2D eigenvalue weighted by Gasteiger charge is 2.33. The first-order valence-electron chi connectivity index (χ1n) is 14.7. The van der Waals surface area contributed by atoms with E-state index < -0.39 is 35.5 Å². The lowest BCUT2D eigenvalue weighted by molar-refractivity contribution is -0.148. The van der Waals surface area contributed by atoms with Gasteiger partial charge in [0.15, 0.2) is 0 Å². The van der Waals surface area contributed by atoms with Crippen molar-refractivity contribution in [1.29, 1.82) is 0 Å². The molecule has 1 aliphatic carbocycles. The summed E-state index contributed by atoms with van der Waals surface area (Å²) in [6.45, 7) is 5.64. The number of aliphatic hydroxyl groups is 1. The Morgan fingerprint density at radius 3 is 2.26 bits per heavy atom. The topological polar surface area (TPSA) is 143 Å². The Morgan fingerprint density at radius 2 is 1.63 bits per heavy atom. The van der Waals surface area contributed by atoms with Gasteiger partial charge in [0, 0.05) is 18.9 Å². The lowest BCUT2D eigenvalue weighted by Gasteiger charge is -2.33. The molecule has 3 atom stereocenters. The first-order valence-corrected chi connectivity index (χ1v) is 14.7. The second kappa shape index (κ2) is 14.3. The number of nitrogens with one attached hydrogen (secondary N) is 3. The highest BCUT2D eigenvalue weighted by molar-refractivity contribution is 5.86. The molecule has 0 saturated heterocycles. The summed E-state index contributed by atoms with van der Waals surface area (Å²) in [5.74, 6) is -2.09. The molecule has 1 aliphatic heterocycles. The standard InChI is InChI=1S/C33H41N3O7/c1-33(2,3)28-20-42-31(40)27(15-9-4-10-21(30(39)36-28)18-29(38)34-16-17-37)35-32(41)43-19-26-24-13-7-5-11-22(24)23-12-6-8-14-25(23)26/h4-9,11-14,21,26-28,37H,10,15-20H2,1-3H3,(H,34,38)(H,35,41)(H,36,39)/b9-4-/t21-,27-,28-/m0/s1. The molecule has 2 aromatic rings. The molecule has 0 bridgehead atoms. The van der Waals surface area contributed by atoms with Crippen LogP contribution in [0.4, 0.5) is 4.79 Å². The molecule has 3 amide bonds. The number of esters is 1. The molecule has 4 rings (SSSR count). The SMILES string of the molecule is CC(C)(C)[C@@H]1COC(=O)[C@@H](NC(=O)OCC2c3ccccc3-c3ccccc32)C/C=C\C[C@@H](CC(=O)NCCO)C(=O)N1. The van der Waals surface area contributed by atoms with E-state index in [1.807, 2.05) is 57.2 Å². The van der Waals surface area contributed by atoms with Crippen LogP contribution >= 0.6 is 0 Å². The number of fused-ring (bicyclic) bond motifs is 3. The van der Waals surface area contributed by atoms with Crippen molar-refractivity contribution in [2.75, 3.05) is 26.4 Å². The Bertz CT molecular complexity index is 1300. The van der Waals surface area contributed by atoms with Gasteiger partial charge in [-0.2, -0.15) is 0 Å². The Labute approximate surface area is 252 Å². The normalized spacial score (nSPS) is 21.6. The molecule has 230 valence electrons. The molecule has 2 aromatic carbocycles. The Hall–Kier alpha value is -4.18. The van der Waals surface area contributed by atoms with E-state index in [1.54, 1.807) is 12.2 Å². The lowest BCUT2D eigenvalue weighted by Crippen LogP contribution is -2.51. The molecule has 0 aromatic heterocycles. The van der Waals surface area contributed by atoms with Crippen LogP contribution in [0.5, 0.6) is 0 Å². The number of carbonyl (C=O) groups excluding carboxylic acids is 4. The Kier molecular flexibility index (Phi) is 10.6. The molecule has 43 heavy (non-hydrogen) atoms. The van der Waals surface area contributed by atoms with Gasteiger partial charge in [-0.15, -0.1) is 0 Å². The van der Waals surface area contributed by atoms with E-state index in [4.69, 9.17) is 14.6 Å². The van der Waals surface area contributed by atoms with Crippen LogP contribution in [0.3, 0.4) is 0 Å². The maximum atomic E-state index is 13.1. The third-order valence-corrected chi connectivity index (χ3v) is 7.87. The molecular formula is C33H41N3O7. The molecule has 0 fully saturated rings. The number of allylic oxidation sites excluding steroid dienone is 1. The lowest BCUT2D eigenvalue weighted by atomic mass is 9.86. The van der Waals surface area contributed by atoms with Crippen molar-refractivity contribution in [3.05, 3.63) is 71.8 Å². The average molecular weight is 592 g/mol. The van der Waals surface area contributed by atoms with Crippen LogP contribution in [0.2, 0.25) is 0 Å². The number of amides is 3. The number of hydrogen-bond acceptors (Lipinski definition) is 7. The zero-order chi connectivity index (χ0) is 31.0. The first-order chi connectivity index (χ1) is 20.6. The number of rotatable bonds is 7. The molecule has 1 heterocycles. The van der Waals surface area contributed by atoms with Crippen LogP contribution in [-0.2, 0) is 23.9 Å². The monoisotopic (exact) mass is 591 g/mol. The second-order valence-corrected chi connectivity index (χ2v) is 12.0. The van der Waals surface area contributed by atoms with E-state index in [2.05, 4.69) is 28.1 Å². The highest BCUT2D eigenvalue weighted by Crippen LogP contribution is 2.44. The summed E-state index contributed by atoms with van der Waals surface area (Å²) in [6, 6.07) is 14.5. The van der Waals surface area contributed by atoms with Crippen molar-refractivity contribution < 1.29 is 33.8 Å². The van der Waals surface area contributed by atoms with Crippen LogP contribution in [0, 0.1) is 11.3 Å². The summed E-state index contributed by atoms with van der Waals surface area (Å²) >= 11 is 0. The molecular weight excluding hydrogens is 550 g/mol. The van der Waals surface area contributed by atoms with Gasteiger partial charge in [-0.05, 0) is 40.5 Å². The number of aliphatic hydroxyl groups excluding tert-OH is 1. The molecule has 0 unspecified atom stereocenters. The van der Waals surface area contributed by atoms with Crippen LogP contribution < -0.4 is 16.0 Å². The maximum absolute atomic E-state index is 13.1. The first kappa shape index (κ1) is 31.7. The van der Waals surface area contributed by atoms with Gasteiger partial charge >= 0.3 is 12.1 Å². The zero-order valence-electron chi connectivity index (χ0n) is 24.9. The minimum absolute atomic E-state index is 0.0613. The van der Waals surface area contributed by atoms with E-state index in [1.165, 1.54) is 0 Å². The van der Waals surface area contributed by atoms with E-state index in [9.17, 15) is 19.2 Å². The molecule has 0 spiro atoms. The largest absolute Gasteiger partial charge is 0.462 e. The summed E-state index contributed by atoms with van der Waals surface area (Å²) in [5.41, 5.74) is 3.93. The maximum Gasteiger partial charge on any atom is 0.407 e. The van der Waals surface area contributed by atoms with Gasteiger partial charge < -0.3 is 30.5 Å². The van der Waals surface area contributed by atoms with E-state index in [0.29, 0.717) is 0 Å². The van der Waals surface area contributed by atoms with Crippen LogP contribution in [0.25, 0.3) is 11.1 Å². The van der Waals surface area contributed by atoms with Gasteiger partial charge in [-0.25, -0.2) is 9.59 Å². The van der Waals surface area contributed by atoms with Crippen molar-refractivity contribution >= 4 is 23.9 Å². The summed E-state index contributed by atoms with van der Waals surface area (Å²) in [6.07, 6.45) is 2.98. The van der Waals surface area contributed by atoms with Gasteiger partial charge in [0.2, 0.25) is 11.8 Å². The Morgan fingerprint density at radius 1 is 1.00 bits per heavy atom. The fourth-order valence-corrected chi connectivity index (χ4v) is 5.33. The summed E-state index contributed by atoms with van der Waals surface area (Å²) in [5, 5.41) is 17.2. The highest BCUT2D eigenvalue weighted by atomic mass is 16.6. The predicted octanol–water partition coefficient (Wildman–Crippen LogP) is 3.43. The van der Waals surface area contributed by atoms with Gasteiger partial charge in [0.1, 0.15) is 19.3 Å². The zero-order valence-corrected chi connectivity index (χ0v) is 24.9. The fraction of sp³-hybridized carbons (Fsp3) is 0.455. The van der Waals surface area contributed by atoms with Crippen molar-refractivity contribution in [3.8, 4) is 11.1 Å². The minimum Gasteiger partial charge on any atom is -0.462 e. The molecule has 2 aliphatic rings. The van der Waals surface area contributed by atoms with Crippen molar-refractivity contribution in [2.24, 2.45) is 11.3 Å². The molecule has 10 heteroatoms. The average Bonchev–Trinajstić information content (AvgIpc) is 3.30. The second-order valence-electron chi connectivity index (χ2n) is 12.0. The van der Waals surface area contributed by atoms with Gasteiger partial charge in [0.05, 0.1) is 18.6 Å². The van der Waals surface area contributed by atoms with Gasteiger partial charge in [0.25, 0.3) is 0 Å². The van der Waals surface area contributed by atoms with Crippen LogP contribution in [0.1, 0.15) is 57.1 Å². The molecule has 10 nitrogen and oxygen atoms in total. The van der Waals surface area contributed by atoms with E-state index >= 15 is 0 Å². The van der Waals surface area contributed by atoms with Crippen molar-refractivity contribution in [2.45, 2.75) is 58.0 Å². The summed E-state index contributed by atoms with van der Waals surface area (Å²) < 4.78 is 11.2. The minimum atomic E-state index is -1.01. The van der Waals surface area contributed by atoms with E-state index in [0.717, 1.165) is 22.3 Å². The van der Waals surface area contributed by atoms with Crippen molar-refractivity contribution in [3.63, 3.8) is 0 Å². The van der Waals surface area contributed by atoms with Crippen LogP contribution in [-0.4, -0.2) is 67.4 Å². The van der Waals surface area contributed by atoms with Crippen LogP contribution in [0.15, 0.2) is 60.7 Å². The van der Waals surface area contributed by atoms with Gasteiger partial charge in [-0.3, -0.25) is 9.59 Å². The smallest absolute Gasteiger partial charge is 0.407 e. The number of hydrogen-bond donors (Lipinski definition) is 4. The number of alkyl carbamates (subject to hydrolysis) is 1. The third-order valence-electron chi connectivity index (χ3n) is 7.87. The molecule has 0 radical (unpaired) electrons. The quantitative estimate of drug-likeness (QED) is 0.285. The van der Waals surface area contributed by atoms with Crippen molar-refractivity contribution in [1.82, 2.24) is 16.0 Å². The molecule has 0 saturated carbocycles. The number of ether oxygens (including phenoxy) is 2.